The number of carbonyl (C=O) groups is 1. The van der Waals surface area contributed by atoms with Gasteiger partial charge in [-0.3, -0.25) is 4.79 Å². The molecule has 3 rings (SSSR count). The van der Waals surface area contributed by atoms with Gasteiger partial charge in [-0.2, -0.15) is 9.61 Å². The number of nitrogens with one attached hydrogen (secondary N) is 1. The van der Waals surface area contributed by atoms with E-state index in [1.165, 1.54) is 23.9 Å². The van der Waals surface area contributed by atoms with Gasteiger partial charge in [0.15, 0.2) is 5.65 Å². The molecule has 3 aromatic rings. The number of nitrogens with zero attached hydrogens (tertiary/aromatic N) is 4. The van der Waals surface area contributed by atoms with E-state index in [9.17, 15) is 14.0 Å². The van der Waals surface area contributed by atoms with Gasteiger partial charge in [0.05, 0.1) is 5.69 Å². The molecule has 0 atom stereocenters. The minimum absolute atomic E-state index is 0.0248. The van der Waals surface area contributed by atoms with Crippen molar-refractivity contribution in [2.75, 3.05) is 5.32 Å². The number of rotatable bonds is 4. The Morgan fingerprint density at radius 3 is 2.67 bits per heavy atom. The van der Waals surface area contributed by atoms with Crippen LogP contribution in [0.5, 0.6) is 0 Å². The van der Waals surface area contributed by atoms with Gasteiger partial charge < -0.3 is 5.32 Å². The molecule has 0 saturated carbocycles. The maximum Gasteiger partial charge on any atom is 0.367 e. The second kappa shape index (κ2) is 7.32. The van der Waals surface area contributed by atoms with Gasteiger partial charge in [-0.25, -0.2) is 13.9 Å². The lowest BCUT2D eigenvalue weighted by atomic mass is 10.3. The molecule has 0 fully saturated rings. The van der Waals surface area contributed by atoms with Gasteiger partial charge in [-0.05, 0) is 30.3 Å². The summed E-state index contributed by atoms with van der Waals surface area (Å²) >= 11 is 7.19. The summed E-state index contributed by atoms with van der Waals surface area (Å²) in [5.74, 6) is -1.25. The number of anilines is 1. The number of aromatic nitrogens is 4. The first-order valence-electron chi connectivity index (χ1n) is 8.03. The first-order chi connectivity index (χ1) is 12.6. The van der Waals surface area contributed by atoms with Crippen molar-refractivity contribution in [1.82, 2.24) is 19.4 Å². The Bertz CT molecular complexity index is 1070. The molecule has 0 bridgehead atoms. The van der Waals surface area contributed by atoms with Crippen molar-refractivity contribution >= 4 is 40.6 Å². The third kappa shape index (κ3) is 4.67. The standard InChI is InChI=1S/C17H17ClFN5O2S/c1-17(2,3)27-15-7-6-13-21-23(16(26)24(13)22-15)9-14(25)20-12-5-4-10(18)8-11(12)19/h4-8H,9H2,1-3H3,(H,20,25). The van der Waals surface area contributed by atoms with Crippen LogP contribution in [-0.2, 0) is 11.3 Å². The number of thioether (sulfide) groups is 1. The lowest BCUT2D eigenvalue weighted by Crippen LogP contribution is -2.29. The Kier molecular flexibility index (Phi) is 5.25. The van der Waals surface area contributed by atoms with Gasteiger partial charge in [0.1, 0.15) is 17.4 Å². The van der Waals surface area contributed by atoms with Crippen molar-refractivity contribution in [2.24, 2.45) is 0 Å². The topological polar surface area (TPSA) is 81.3 Å². The van der Waals surface area contributed by atoms with E-state index in [1.54, 1.807) is 12.1 Å². The van der Waals surface area contributed by atoms with Crippen molar-refractivity contribution in [1.29, 1.82) is 0 Å². The summed E-state index contributed by atoms with van der Waals surface area (Å²) in [6.07, 6.45) is 0. The number of fused-ring (bicyclic) bond motifs is 1. The van der Waals surface area contributed by atoms with Crippen LogP contribution >= 0.6 is 23.4 Å². The van der Waals surface area contributed by atoms with Crippen molar-refractivity contribution in [3.8, 4) is 0 Å². The second-order valence-electron chi connectivity index (χ2n) is 6.77. The lowest BCUT2D eigenvalue weighted by molar-refractivity contribution is -0.117. The molecule has 1 aromatic carbocycles. The maximum absolute atomic E-state index is 13.8. The van der Waals surface area contributed by atoms with Crippen LogP contribution in [0.4, 0.5) is 10.1 Å². The molecule has 27 heavy (non-hydrogen) atoms. The van der Waals surface area contributed by atoms with Gasteiger partial charge in [-0.1, -0.05) is 44.1 Å². The summed E-state index contributed by atoms with van der Waals surface area (Å²) < 4.78 is 15.8. The Morgan fingerprint density at radius 2 is 2.00 bits per heavy atom. The molecule has 0 unspecified atom stereocenters. The van der Waals surface area contributed by atoms with E-state index in [2.05, 4.69) is 15.5 Å². The van der Waals surface area contributed by atoms with Crippen molar-refractivity contribution in [2.45, 2.75) is 37.1 Å². The molecule has 10 heteroatoms. The third-order valence-corrected chi connectivity index (χ3v) is 4.60. The van der Waals surface area contributed by atoms with E-state index in [4.69, 9.17) is 11.6 Å². The summed E-state index contributed by atoms with van der Waals surface area (Å²) in [6.45, 7) is 5.74. The highest BCUT2D eigenvalue weighted by atomic mass is 35.5. The van der Waals surface area contributed by atoms with Crippen molar-refractivity contribution < 1.29 is 9.18 Å². The van der Waals surface area contributed by atoms with Gasteiger partial charge in [0.25, 0.3) is 0 Å². The van der Waals surface area contributed by atoms with E-state index in [-0.39, 0.29) is 22.0 Å². The fraction of sp³-hybridized carbons (Fsp3) is 0.294. The van der Waals surface area contributed by atoms with Gasteiger partial charge in [0, 0.05) is 9.77 Å². The number of hydrogen-bond donors (Lipinski definition) is 1. The summed E-state index contributed by atoms with van der Waals surface area (Å²) in [5.41, 5.74) is -0.250. The minimum Gasteiger partial charge on any atom is -0.322 e. The van der Waals surface area contributed by atoms with Crippen LogP contribution in [0.25, 0.3) is 5.65 Å². The summed E-state index contributed by atoms with van der Waals surface area (Å²) in [5, 5.41) is 11.6. The zero-order valence-corrected chi connectivity index (χ0v) is 16.4. The molecule has 142 valence electrons. The van der Waals surface area contributed by atoms with E-state index in [1.807, 2.05) is 20.8 Å². The molecular weight excluding hydrogens is 393 g/mol. The summed E-state index contributed by atoms with van der Waals surface area (Å²) in [6, 6.07) is 7.32. The minimum atomic E-state index is -0.663. The van der Waals surface area contributed by atoms with Crippen LogP contribution in [0, 0.1) is 5.82 Å². The van der Waals surface area contributed by atoms with Crippen molar-refractivity contribution in [3.63, 3.8) is 0 Å². The quantitative estimate of drug-likeness (QED) is 0.669. The predicted molar refractivity (Wildman–Crippen MR) is 103 cm³/mol. The maximum atomic E-state index is 13.8. The van der Waals surface area contributed by atoms with Crippen LogP contribution in [0.3, 0.4) is 0 Å². The molecule has 0 radical (unpaired) electrons. The molecular formula is C17H17ClFN5O2S. The molecule has 2 heterocycles. The molecule has 0 saturated heterocycles. The first-order valence-corrected chi connectivity index (χ1v) is 9.23. The summed E-state index contributed by atoms with van der Waals surface area (Å²) in [7, 11) is 0. The number of benzene rings is 1. The third-order valence-electron chi connectivity index (χ3n) is 3.33. The number of hydrogen-bond acceptors (Lipinski definition) is 5. The fourth-order valence-electron chi connectivity index (χ4n) is 2.28. The van der Waals surface area contributed by atoms with Gasteiger partial charge in [0.2, 0.25) is 5.91 Å². The van der Waals surface area contributed by atoms with Crippen LogP contribution in [0.1, 0.15) is 20.8 Å². The molecule has 0 aliphatic rings. The molecule has 1 N–H and O–H groups in total. The Hall–Kier alpha value is -2.39. The smallest absolute Gasteiger partial charge is 0.322 e. The Balaban J connectivity index is 1.81. The number of carbonyl (C=O) groups excluding carboxylic acids is 1. The van der Waals surface area contributed by atoms with E-state index < -0.39 is 17.4 Å². The molecule has 7 nitrogen and oxygen atoms in total. The first kappa shape index (κ1) is 19.4. The highest BCUT2D eigenvalue weighted by Crippen LogP contribution is 2.29. The van der Waals surface area contributed by atoms with E-state index in [0.29, 0.717) is 10.7 Å². The normalized spacial score (nSPS) is 11.7. The zero-order chi connectivity index (χ0) is 19.8. The van der Waals surface area contributed by atoms with E-state index >= 15 is 0 Å². The van der Waals surface area contributed by atoms with E-state index in [0.717, 1.165) is 15.3 Å². The largest absolute Gasteiger partial charge is 0.367 e. The molecule has 1 amide bonds. The predicted octanol–water partition coefficient (Wildman–Crippen LogP) is 3.21. The SMILES string of the molecule is CC(C)(C)Sc1ccc2nn(CC(=O)Nc3ccc(Cl)cc3F)c(=O)n2n1. The fourth-order valence-corrected chi connectivity index (χ4v) is 3.32. The molecule has 2 aromatic heterocycles. The van der Waals surface area contributed by atoms with Crippen LogP contribution in [0.2, 0.25) is 5.02 Å². The molecule has 0 aliphatic carbocycles. The Morgan fingerprint density at radius 1 is 1.26 bits per heavy atom. The average molecular weight is 410 g/mol. The Labute approximate surface area is 163 Å². The number of amides is 1. The van der Waals surface area contributed by atoms with Gasteiger partial charge in [-0.15, -0.1) is 5.10 Å². The lowest BCUT2D eigenvalue weighted by Gasteiger charge is -2.16. The monoisotopic (exact) mass is 409 g/mol. The molecule has 0 aliphatic heterocycles. The molecule has 0 spiro atoms. The highest BCUT2D eigenvalue weighted by Gasteiger charge is 2.17. The van der Waals surface area contributed by atoms with Crippen LogP contribution in [0.15, 0.2) is 40.2 Å². The summed E-state index contributed by atoms with van der Waals surface area (Å²) in [4.78, 5) is 24.6. The second-order valence-corrected chi connectivity index (χ2v) is 9.05. The van der Waals surface area contributed by atoms with Gasteiger partial charge >= 0.3 is 5.69 Å². The van der Waals surface area contributed by atoms with Crippen LogP contribution in [-0.4, -0.2) is 30.0 Å². The highest BCUT2D eigenvalue weighted by molar-refractivity contribution is 8.00. The average Bonchev–Trinajstić information content (AvgIpc) is 2.85. The van der Waals surface area contributed by atoms with Crippen molar-refractivity contribution in [3.05, 3.63) is 51.7 Å². The van der Waals surface area contributed by atoms with Crippen LogP contribution < -0.4 is 11.0 Å². The number of halogens is 2. The zero-order valence-electron chi connectivity index (χ0n) is 14.9.